The van der Waals surface area contributed by atoms with E-state index in [1.807, 2.05) is 61.5 Å². The molecule has 0 bridgehead atoms. The molecule has 1 unspecified atom stereocenters. The van der Waals surface area contributed by atoms with Crippen LogP contribution in [0.25, 0.3) is 5.76 Å². The molecule has 1 atom stereocenters. The molecule has 0 aliphatic carbocycles. The summed E-state index contributed by atoms with van der Waals surface area (Å²) in [6, 6.07) is 21.7. The normalized spacial score (nSPS) is 18.7. The molecule has 218 valence electrons. The number of hydrogen-bond acceptors (Lipinski definition) is 7. The van der Waals surface area contributed by atoms with Crippen LogP contribution in [0.15, 0.2) is 91.0 Å². The van der Waals surface area contributed by atoms with Crippen LogP contribution in [0.3, 0.4) is 0 Å². The van der Waals surface area contributed by atoms with Gasteiger partial charge < -0.3 is 24.2 Å². The number of aryl methyl sites for hydroxylation is 1. The van der Waals surface area contributed by atoms with Crippen molar-refractivity contribution in [2.24, 2.45) is 0 Å². The summed E-state index contributed by atoms with van der Waals surface area (Å²) in [5.41, 5.74) is 3.07. The number of likely N-dealkylation sites (tertiary alicyclic amines) is 1. The molecule has 2 fully saturated rings. The Bertz CT molecular complexity index is 1440. The van der Waals surface area contributed by atoms with E-state index in [1.54, 1.807) is 29.2 Å². The van der Waals surface area contributed by atoms with Crippen molar-refractivity contribution in [3.8, 4) is 11.5 Å². The number of aliphatic hydroxyl groups excluding tert-OH is 1. The third-order valence-electron chi connectivity index (χ3n) is 7.55. The number of carbonyl (C=O) groups is 2. The maximum Gasteiger partial charge on any atom is 0.295 e. The van der Waals surface area contributed by atoms with E-state index in [2.05, 4.69) is 11.5 Å². The topological polar surface area (TPSA) is 88.5 Å². The van der Waals surface area contributed by atoms with Crippen molar-refractivity contribution in [1.82, 2.24) is 9.80 Å². The van der Waals surface area contributed by atoms with Crippen molar-refractivity contribution < 1.29 is 28.9 Å². The third kappa shape index (κ3) is 6.56. The van der Waals surface area contributed by atoms with E-state index in [0.29, 0.717) is 62.1 Å². The van der Waals surface area contributed by atoms with Crippen LogP contribution >= 0.6 is 0 Å². The second-order valence-corrected chi connectivity index (χ2v) is 10.4. The fourth-order valence-electron chi connectivity index (χ4n) is 5.28. The number of rotatable bonds is 11. The highest BCUT2D eigenvalue weighted by atomic mass is 16.5. The average Bonchev–Trinajstić information content (AvgIpc) is 3.28. The molecule has 0 radical (unpaired) electrons. The molecule has 2 aliphatic heterocycles. The summed E-state index contributed by atoms with van der Waals surface area (Å²) >= 11 is 0. The molecule has 8 nitrogen and oxygen atoms in total. The van der Waals surface area contributed by atoms with Crippen LogP contribution in [0, 0.1) is 6.92 Å². The summed E-state index contributed by atoms with van der Waals surface area (Å²) in [6.45, 7) is 10.1. The van der Waals surface area contributed by atoms with Gasteiger partial charge in [0, 0.05) is 31.7 Å². The van der Waals surface area contributed by atoms with E-state index in [9.17, 15) is 14.7 Å². The molecule has 2 heterocycles. The molecule has 2 aliphatic rings. The van der Waals surface area contributed by atoms with E-state index in [1.165, 1.54) is 0 Å². The molecule has 1 amide bonds. The highest BCUT2D eigenvalue weighted by Gasteiger charge is 2.46. The first-order chi connectivity index (χ1) is 20.5. The van der Waals surface area contributed by atoms with Gasteiger partial charge in [0.25, 0.3) is 11.7 Å². The van der Waals surface area contributed by atoms with Crippen molar-refractivity contribution in [1.29, 1.82) is 0 Å². The Hall–Kier alpha value is -4.40. The fourth-order valence-corrected chi connectivity index (χ4v) is 5.28. The lowest BCUT2D eigenvalue weighted by Gasteiger charge is -2.31. The Balaban J connectivity index is 1.46. The van der Waals surface area contributed by atoms with E-state index < -0.39 is 17.7 Å². The number of amides is 1. The molecule has 5 rings (SSSR count). The zero-order valence-corrected chi connectivity index (χ0v) is 23.8. The lowest BCUT2D eigenvalue weighted by atomic mass is 9.94. The van der Waals surface area contributed by atoms with Gasteiger partial charge in [0.1, 0.15) is 30.5 Å². The molecule has 1 N–H and O–H groups in total. The molecule has 2 saturated heterocycles. The van der Waals surface area contributed by atoms with Crippen molar-refractivity contribution in [3.63, 3.8) is 0 Å². The van der Waals surface area contributed by atoms with E-state index in [4.69, 9.17) is 14.2 Å². The van der Waals surface area contributed by atoms with Gasteiger partial charge in [-0.1, -0.05) is 55.1 Å². The minimum Gasteiger partial charge on any atom is -0.507 e. The molecule has 0 aromatic heterocycles. The number of ketones is 1. The number of benzene rings is 3. The lowest BCUT2D eigenvalue weighted by molar-refractivity contribution is -0.140. The quantitative estimate of drug-likeness (QED) is 0.152. The van der Waals surface area contributed by atoms with Gasteiger partial charge in [-0.15, -0.1) is 0 Å². The van der Waals surface area contributed by atoms with Crippen LogP contribution in [0.4, 0.5) is 0 Å². The summed E-state index contributed by atoms with van der Waals surface area (Å²) in [7, 11) is 0. The van der Waals surface area contributed by atoms with Crippen LogP contribution in [-0.4, -0.2) is 72.6 Å². The molecule has 3 aromatic carbocycles. The number of aliphatic hydroxyl groups is 1. The second kappa shape index (κ2) is 13.5. The van der Waals surface area contributed by atoms with Gasteiger partial charge in [-0.05, 0) is 53.9 Å². The van der Waals surface area contributed by atoms with Crippen molar-refractivity contribution >= 4 is 17.4 Å². The summed E-state index contributed by atoms with van der Waals surface area (Å²) in [6.07, 6.45) is 1.66. The van der Waals surface area contributed by atoms with Crippen LogP contribution in [0.5, 0.6) is 11.5 Å². The second-order valence-electron chi connectivity index (χ2n) is 10.4. The minimum absolute atomic E-state index is 0.0686. The Kier molecular flexibility index (Phi) is 9.36. The van der Waals surface area contributed by atoms with Gasteiger partial charge in [-0.3, -0.25) is 14.5 Å². The maximum absolute atomic E-state index is 13.5. The van der Waals surface area contributed by atoms with Gasteiger partial charge in [0.2, 0.25) is 0 Å². The SMILES string of the molecule is C=CCOc1ccc(/C(O)=C2\C(=O)C(=O)N(CCN3CCOCC3)C2c2ccc(OCc3ccccc3)cc2)cc1C. The van der Waals surface area contributed by atoms with Gasteiger partial charge in [0.15, 0.2) is 0 Å². The summed E-state index contributed by atoms with van der Waals surface area (Å²) < 4.78 is 17.1. The highest BCUT2D eigenvalue weighted by Crippen LogP contribution is 2.40. The Morgan fingerprint density at radius 3 is 2.43 bits per heavy atom. The lowest BCUT2D eigenvalue weighted by Crippen LogP contribution is -2.42. The van der Waals surface area contributed by atoms with Gasteiger partial charge in [-0.25, -0.2) is 0 Å². The first-order valence-electron chi connectivity index (χ1n) is 14.2. The Morgan fingerprint density at radius 1 is 1.00 bits per heavy atom. The minimum atomic E-state index is -0.744. The fraction of sp³-hybridized carbons (Fsp3) is 0.294. The molecule has 8 heteroatoms. The van der Waals surface area contributed by atoms with E-state index in [0.717, 1.165) is 24.2 Å². The van der Waals surface area contributed by atoms with Crippen molar-refractivity contribution in [3.05, 3.63) is 113 Å². The molecular formula is C34H36N2O6. The standard InChI is InChI=1S/C34H36N2O6/c1-3-19-41-29-14-11-27(22-24(29)2)32(37)30-31(36(34(39)33(30)38)16-15-35-17-20-40-21-18-35)26-9-12-28(13-10-26)42-23-25-7-5-4-6-8-25/h3-14,22,31,37H,1,15-21,23H2,2H3/b32-30+. The predicted molar refractivity (Wildman–Crippen MR) is 160 cm³/mol. The smallest absolute Gasteiger partial charge is 0.295 e. The summed E-state index contributed by atoms with van der Waals surface area (Å²) in [5.74, 6) is -0.218. The number of hydrogen-bond donors (Lipinski definition) is 1. The summed E-state index contributed by atoms with van der Waals surface area (Å²) in [5, 5.41) is 11.5. The molecule has 0 saturated carbocycles. The van der Waals surface area contributed by atoms with Crippen LogP contribution in [0.1, 0.15) is 28.3 Å². The molecule has 42 heavy (non-hydrogen) atoms. The van der Waals surface area contributed by atoms with Gasteiger partial charge in [0.05, 0.1) is 24.8 Å². The molecule has 3 aromatic rings. The first-order valence-corrected chi connectivity index (χ1v) is 14.2. The summed E-state index contributed by atoms with van der Waals surface area (Å²) in [4.78, 5) is 30.7. The number of morpholine rings is 1. The van der Waals surface area contributed by atoms with Gasteiger partial charge >= 0.3 is 0 Å². The van der Waals surface area contributed by atoms with Crippen LogP contribution in [-0.2, 0) is 20.9 Å². The van der Waals surface area contributed by atoms with Crippen LogP contribution < -0.4 is 9.47 Å². The van der Waals surface area contributed by atoms with Crippen molar-refractivity contribution in [2.45, 2.75) is 19.6 Å². The highest BCUT2D eigenvalue weighted by molar-refractivity contribution is 6.46. The monoisotopic (exact) mass is 568 g/mol. The zero-order chi connectivity index (χ0) is 29.5. The van der Waals surface area contributed by atoms with E-state index in [-0.39, 0.29) is 11.3 Å². The van der Waals surface area contributed by atoms with Crippen LogP contribution in [0.2, 0.25) is 0 Å². The number of carbonyl (C=O) groups excluding carboxylic acids is 2. The van der Waals surface area contributed by atoms with Crippen molar-refractivity contribution in [2.75, 3.05) is 46.0 Å². The number of ether oxygens (including phenoxy) is 3. The first kappa shape index (κ1) is 29.1. The Labute approximate surface area is 246 Å². The van der Waals surface area contributed by atoms with Gasteiger partial charge in [-0.2, -0.15) is 0 Å². The number of nitrogens with zero attached hydrogens (tertiary/aromatic N) is 2. The average molecular weight is 569 g/mol. The molecule has 0 spiro atoms. The largest absolute Gasteiger partial charge is 0.507 e. The predicted octanol–water partition coefficient (Wildman–Crippen LogP) is 4.89. The van der Waals surface area contributed by atoms with E-state index >= 15 is 0 Å². The number of Topliss-reactive ketones (excluding diaryl/α,β-unsaturated/α-hetero) is 1. The third-order valence-corrected chi connectivity index (χ3v) is 7.55. The Morgan fingerprint density at radius 2 is 1.74 bits per heavy atom. The molecular weight excluding hydrogens is 532 g/mol. The maximum atomic E-state index is 13.5. The zero-order valence-electron chi connectivity index (χ0n) is 23.8.